The molecule has 2 aliphatic heterocycles. The van der Waals surface area contributed by atoms with Gasteiger partial charge in [0.2, 0.25) is 0 Å². The minimum Gasteiger partial charge on any atom is -0.491 e. The lowest BCUT2D eigenvalue weighted by Gasteiger charge is -2.24. The van der Waals surface area contributed by atoms with Crippen LogP contribution in [0.4, 0.5) is 5.82 Å². The van der Waals surface area contributed by atoms with Crippen LogP contribution in [0.2, 0.25) is 0 Å². The van der Waals surface area contributed by atoms with Crippen LogP contribution in [0, 0.1) is 0 Å². The van der Waals surface area contributed by atoms with Crippen LogP contribution >= 0.6 is 0 Å². The summed E-state index contributed by atoms with van der Waals surface area (Å²) in [4.78, 5) is 20.1. The standard InChI is InChI=1S/C23H24N4O4S/c1-25-32(3,29)14-5-6-15-20(12-31-21(15)9-14)27(2)23(28)13-4-7-19-16(8-13)17-10-30-11-18(17)22(24)26-19/h4-9,20H,10-12H2,1-3H3,(H2,24,26)/t20-,32?/m1/s1. The van der Waals surface area contributed by atoms with Crippen molar-refractivity contribution in [1.29, 1.82) is 0 Å². The Bertz CT molecular complexity index is 1390. The molecule has 2 aromatic carbocycles. The summed E-state index contributed by atoms with van der Waals surface area (Å²) < 4.78 is 27.9. The minimum atomic E-state index is -2.46. The Morgan fingerprint density at radius 3 is 2.78 bits per heavy atom. The summed E-state index contributed by atoms with van der Waals surface area (Å²) >= 11 is 0. The highest BCUT2D eigenvalue weighted by Crippen LogP contribution is 2.38. The molecule has 166 valence electrons. The number of benzene rings is 2. The number of carbonyl (C=O) groups is 1. The van der Waals surface area contributed by atoms with Crippen LogP contribution in [0.25, 0.3) is 10.9 Å². The Balaban J connectivity index is 1.47. The van der Waals surface area contributed by atoms with Gasteiger partial charge in [-0.05, 0) is 35.9 Å². The number of likely N-dealkylation sites (N-methyl/N-ethyl adjacent to an activating group) is 1. The third-order valence-corrected chi connectivity index (χ3v) is 8.12. The number of rotatable bonds is 3. The van der Waals surface area contributed by atoms with Crippen LogP contribution in [-0.2, 0) is 27.7 Å². The van der Waals surface area contributed by atoms with Crippen LogP contribution in [0.3, 0.4) is 0 Å². The van der Waals surface area contributed by atoms with Gasteiger partial charge in [-0.3, -0.25) is 4.79 Å². The number of nitrogen functional groups attached to an aromatic ring is 1. The smallest absolute Gasteiger partial charge is 0.254 e. The van der Waals surface area contributed by atoms with Gasteiger partial charge in [0.1, 0.15) is 18.2 Å². The second-order valence-electron chi connectivity index (χ2n) is 8.11. The summed E-state index contributed by atoms with van der Waals surface area (Å²) in [6.45, 7) is 1.24. The van der Waals surface area contributed by atoms with Crippen LogP contribution in [-0.4, -0.2) is 47.0 Å². The molecule has 1 aromatic heterocycles. The summed E-state index contributed by atoms with van der Waals surface area (Å²) in [5.41, 5.74) is 10.1. The zero-order chi connectivity index (χ0) is 22.6. The number of fused-ring (bicyclic) bond motifs is 4. The molecule has 3 heterocycles. The minimum absolute atomic E-state index is 0.121. The van der Waals surface area contributed by atoms with Crippen molar-refractivity contribution in [1.82, 2.24) is 9.88 Å². The Hall–Kier alpha value is -3.17. The van der Waals surface area contributed by atoms with E-state index in [1.807, 2.05) is 18.2 Å². The van der Waals surface area contributed by atoms with Crippen molar-refractivity contribution in [3.8, 4) is 5.75 Å². The van der Waals surface area contributed by atoms with Crippen LogP contribution in [0.15, 0.2) is 45.7 Å². The van der Waals surface area contributed by atoms with E-state index < -0.39 is 9.73 Å². The van der Waals surface area contributed by atoms with E-state index in [-0.39, 0.29) is 11.9 Å². The summed E-state index contributed by atoms with van der Waals surface area (Å²) in [7, 11) is 0.852. The largest absolute Gasteiger partial charge is 0.491 e. The van der Waals surface area contributed by atoms with Crippen molar-refractivity contribution in [3.63, 3.8) is 0 Å². The first kappa shape index (κ1) is 20.7. The van der Waals surface area contributed by atoms with Crippen LogP contribution < -0.4 is 10.5 Å². The topological polar surface area (TPSA) is 107 Å². The first-order chi connectivity index (χ1) is 15.3. The molecule has 0 saturated carbocycles. The second-order valence-corrected chi connectivity index (χ2v) is 10.5. The molecule has 2 aliphatic rings. The van der Waals surface area contributed by atoms with Gasteiger partial charge in [0.25, 0.3) is 5.91 Å². The molecule has 1 amide bonds. The van der Waals surface area contributed by atoms with Gasteiger partial charge < -0.3 is 20.1 Å². The molecule has 0 spiro atoms. The average molecular weight is 453 g/mol. The van der Waals surface area contributed by atoms with E-state index in [4.69, 9.17) is 15.2 Å². The number of hydrogen-bond donors (Lipinski definition) is 1. The Labute approximate surface area is 186 Å². The summed E-state index contributed by atoms with van der Waals surface area (Å²) in [6.07, 6.45) is 1.60. The number of anilines is 1. The lowest BCUT2D eigenvalue weighted by Crippen LogP contribution is -2.32. The number of nitrogens with zero attached hydrogens (tertiary/aromatic N) is 3. The Kier molecular flexibility index (Phi) is 4.83. The predicted molar refractivity (Wildman–Crippen MR) is 122 cm³/mol. The van der Waals surface area contributed by atoms with Crippen molar-refractivity contribution in [2.75, 3.05) is 32.7 Å². The second kappa shape index (κ2) is 7.46. The number of ether oxygens (including phenoxy) is 2. The van der Waals surface area contributed by atoms with Gasteiger partial charge in [0.15, 0.2) is 0 Å². The number of nitrogens with two attached hydrogens (primary N) is 1. The van der Waals surface area contributed by atoms with Gasteiger partial charge in [0, 0.05) is 42.4 Å². The van der Waals surface area contributed by atoms with E-state index in [9.17, 15) is 9.00 Å². The third kappa shape index (κ3) is 3.20. The zero-order valence-corrected chi connectivity index (χ0v) is 18.9. The molecular formula is C23H24N4O4S. The SMILES string of the molecule is CN=S(C)(=O)c1ccc2c(c1)OC[C@H]2N(C)C(=O)c1ccc2nc(N)c3c(c2c1)COC3. The van der Waals surface area contributed by atoms with Gasteiger partial charge in [-0.2, -0.15) is 0 Å². The number of amides is 1. The highest BCUT2D eigenvalue weighted by atomic mass is 32.2. The number of aromatic nitrogens is 1. The molecule has 8 nitrogen and oxygen atoms in total. The Morgan fingerprint density at radius 1 is 1.22 bits per heavy atom. The first-order valence-electron chi connectivity index (χ1n) is 10.2. The van der Waals surface area contributed by atoms with Crippen molar-refractivity contribution >= 4 is 32.4 Å². The molecule has 0 aliphatic carbocycles. The van der Waals surface area contributed by atoms with Gasteiger partial charge in [-0.25, -0.2) is 13.6 Å². The molecule has 0 saturated heterocycles. The highest BCUT2D eigenvalue weighted by Gasteiger charge is 2.32. The number of hydrogen-bond acceptors (Lipinski definition) is 7. The van der Waals surface area contributed by atoms with Crippen molar-refractivity contribution in [3.05, 3.63) is 58.7 Å². The van der Waals surface area contributed by atoms with Gasteiger partial charge in [0.05, 0.1) is 39.4 Å². The molecule has 9 heteroatoms. The van der Waals surface area contributed by atoms with Crippen LogP contribution in [0.5, 0.6) is 5.75 Å². The normalized spacial score (nSPS) is 18.5. The maximum atomic E-state index is 13.4. The molecule has 2 N–H and O–H groups in total. The molecule has 0 fully saturated rings. The van der Waals surface area contributed by atoms with Gasteiger partial charge in [-0.15, -0.1) is 0 Å². The van der Waals surface area contributed by atoms with Crippen molar-refractivity contribution in [2.45, 2.75) is 24.2 Å². The fourth-order valence-corrected chi connectivity index (χ4v) is 5.14. The first-order valence-corrected chi connectivity index (χ1v) is 12.2. The molecule has 0 radical (unpaired) electrons. The maximum absolute atomic E-state index is 13.4. The fourth-order valence-electron chi connectivity index (χ4n) is 4.28. The quantitative estimate of drug-likeness (QED) is 0.654. The Morgan fingerprint density at radius 2 is 2.00 bits per heavy atom. The summed E-state index contributed by atoms with van der Waals surface area (Å²) in [6, 6.07) is 10.6. The molecule has 0 bridgehead atoms. The number of pyridine rings is 1. The van der Waals surface area contributed by atoms with E-state index in [0.717, 1.165) is 27.6 Å². The van der Waals surface area contributed by atoms with Crippen molar-refractivity contribution < 1.29 is 18.5 Å². The molecule has 1 unspecified atom stereocenters. The predicted octanol–water partition coefficient (Wildman–Crippen LogP) is 3.14. The van der Waals surface area contributed by atoms with E-state index in [1.54, 1.807) is 43.5 Å². The zero-order valence-electron chi connectivity index (χ0n) is 18.1. The third-order valence-electron chi connectivity index (χ3n) is 6.29. The van der Waals surface area contributed by atoms with E-state index in [2.05, 4.69) is 9.35 Å². The fraction of sp³-hybridized carbons (Fsp3) is 0.304. The van der Waals surface area contributed by atoms with E-state index in [0.29, 0.717) is 41.8 Å². The van der Waals surface area contributed by atoms with Crippen molar-refractivity contribution in [2.24, 2.45) is 4.36 Å². The lowest BCUT2D eigenvalue weighted by atomic mass is 10.0. The average Bonchev–Trinajstić information content (AvgIpc) is 3.45. The maximum Gasteiger partial charge on any atom is 0.254 e. The van der Waals surface area contributed by atoms with Gasteiger partial charge >= 0.3 is 0 Å². The monoisotopic (exact) mass is 452 g/mol. The molecule has 2 atom stereocenters. The number of carbonyl (C=O) groups excluding carboxylic acids is 1. The molecule has 32 heavy (non-hydrogen) atoms. The molecule has 3 aromatic rings. The lowest BCUT2D eigenvalue weighted by molar-refractivity contribution is 0.0708. The van der Waals surface area contributed by atoms with E-state index in [1.165, 1.54) is 0 Å². The summed E-state index contributed by atoms with van der Waals surface area (Å²) in [5.74, 6) is 0.996. The summed E-state index contributed by atoms with van der Waals surface area (Å²) in [5, 5.41) is 0.889. The van der Waals surface area contributed by atoms with Gasteiger partial charge in [-0.1, -0.05) is 6.07 Å². The highest BCUT2D eigenvalue weighted by molar-refractivity contribution is 7.93. The molecular weight excluding hydrogens is 428 g/mol. The van der Waals surface area contributed by atoms with Crippen LogP contribution in [0.1, 0.15) is 33.1 Å². The molecule has 5 rings (SSSR count). The van der Waals surface area contributed by atoms with E-state index >= 15 is 0 Å².